The Morgan fingerprint density at radius 3 is 2.69 bits per heavy atom. The minimum atomic E-state index is -0.263. The summed E-state index contributed by atoms with van der Waals surface area (Å²) >= 11 is 0. The maximum Gasteiger partial charge on any atom is 0.220 e. The molecule has 0 aliphatic carbocycles. The number of nitrogen functional groups attached to an aromatic ring is 1. The first-order valence-corrected chi connectivity index (χ1v) is 4.77. The Balaban J connectivity index is 2.25. The molecular weight excluding hydrogens is 205 g/mol. The minimum Gasteiger partial charge on any atom is -0.368 e. The van der Waals surface area contributed by atoms with Crippen molar-refractivity contribution < 1.29 is 4.39 Å². The second-order valence-corrected chi connectivity index (χ2v) is 3.19. The zero-order chi connectivity index (χ0) is 11.4. The van der Waals surface area contributed by atoms with Gasteiger partial charge in [-0.05, 0) is 24.3 Å². The molecule has 3 nitrogen and oxygen atoms in total. The molecule has 4 heteroatoms. The predicted octanol–water partition coefficient (Wildman–Crippen LogP) is 2.37. The van der Waals surface area contributed by atoms with Gasteiger partial charge in [0.05, 0.1) is 5.69 Å². The molecule has 0 aliphatic heterocycles. The molecule has 0 saturated carbocycles. The zero-order valence-electron chi connectivity index (χ0n) is 8.47. The summed E-state index contributed by atoms with van der Waals surface area (Å²) in [7, 11) is 0. The first kappa shape index (κ1) is 10.3. The van der Waals surface area contributed by atoms with E-state index in [4.69, 9.17) is 5.73 Å². The number of benzene rings is 1. The molecule has 0 atom stereocenters. The molecule has 2 aromatic rings. The molecular formula is C12H10FN3. The molecule has 0 spiro atoms. The van der Waals surface area contributed by atoms with Crippen molar-refractivity contribution in [2.24, 2.45) is 0 Å². The second-order valence-electron chi connectivity index (χ2n) is 3.19. The number of nitrogens with two attached hydrogens (primary N) is 1. The third-order valence-corrected chi connectivity index (χ3v) is 2.03. The van der Waals surface area contributed by atoms with Crippen molar-refractivity contribution in [3.05, 3.63) is 53.6 Å². The Morgan fingerprint density at radius 1 is 1.12 bits per heavy atom. The van der Waals surface area contributed by atoms with Gasteiger partial charge in [0.15, 0.2) is 0 Å². The summed E-state index contributed by atoms with van der Waals surface area (Å²) in [5.41, 5.74) is 6.59. The van der Waals surface area contributed by atoms with Crippen LogP contribution in [-0.4, -0.2) is 9.97 Å². The van der Waals surface area contributed by atoms with Crippen LogP contribution in [0.1, 0.15) is 11.3 Å². The van der Waals surface area contributed by atoms with Crippen molar-refractivity contribution in [1.82, 2.24) is 9.97 Å². The van der Waals surface area contributed by atoms with Crippen molar-refractivity contribution in [3.8, 4) is 0 Å². The van der Waals surface area contributed by atoms with Gasteiger partial charge in [0, 0.05) is 11.8 Å². The van der Waals surface area contributed by atoms with E-state index in [1.54, 1.807) is 42.6 Å². The quantitative estimate of drug-likeness (QED) is 0.836. The normalized spacial score (nSPS) is 10.8. The topological polar surface area (TPSA) is 51.8 Å². The Kier molecular flexibility index (Phi) is 2.91. The lowest BCUT2D eigenvalue weighted by atomic mass is 10.2. The second kappa shape index (κ2) is 4.53. The molecule has 0 amide bonds. The van der Waals surface area contributed by atoms with Crippen LogP contribution in [0, 0.1) is 5.82 Å². The van der Waals surface area contributed by atoms with Crippen molar-refractivity contribution in [3.63, 3.8) is 0 Å². The van der Waals surface area contributed by atoms with Gasteiger partial charge >= 0.3 is 0 Å². The van der Waals surface area contributed by atoms with Crippen LogP contribution in [0.15, 0.2) is 36.5 Å². The molecule has 0 aliphatic rings. The average molecular weight is 215 g/mol. The summed E-state index contributed by atoms with van der Waals surface area (Å²) in [6, 6.07) is 8.23. The molecule has 0 bridgehead atoms. The summed E-state index contributed by atoms with van der Waals surface area (Å²) in [4.78, 5) is 7.75. The van der Waals surface area contributed by atoms with E-state index in [9.17, 15) is 4.39 Å². The van der Waals surface area contributed by atoms with Crippen LogP contribution in [0.25, 0.3) is 12.2 Å². The summed E-state index contributed by atoms with van der Waals surface area (Å²) in [5.74, 6) is -0.0588. The monoisotopic (exact) mass is 215 g/mol. The SMILES string of the molecule is Nc1nccc(/C=C/c2ccccc2F)n1. The fourth-order valence-corrected chi connectivity index (χ4v) is 1.27. The predicted molar refractivity (Wildman–Crippen MR) is 61.8 cm³/mol. The minimum absolute atomic E-state index is 0.204. The third kappa shape index (κ3) is 2.42. The van der Waals surface area contributed by atoms with E-state index in [0.29, 0.717) is 11.3 Å². The number of rotatable bonds is 2. The van der Waals surface area contributed by atoms with Crippen LogP contribution in [0.3, 0.4) is 0 Å². The molecule has 16 heavy (non-hydrogen) atoms. The van der Waals surface area contributed by atoms with E-state index in [0.717, 1.165) is 0 Å². The number of aromatic nitrogens is 2. The van der Waals surface area contributed by atoms with Gasteiger partial charge in [-0.3, -0.25) is 0 Å². The summed E-state index contributed by atoms with van der Waals surface area (Å²) in [5, 5.41) is 0. The Hall–Kier alpha value is -2.23. The maximum absolute atomic E-state index is 13.3. The van der Waals surface area contributed by atoms with E-state index < -0.39 is 0 Å². The standard InChI is InChI=1S/C12H10FN3/c13-11-4-2-1-3-9(11)5-6-10-7-8-15-12(14)16-10/h1-8H,(H2,14,15,16)/b6-5+. The van der Waals surface area contributed by atoms with E-state index >= 15 is 0 Å². The van der Waals surface area contributed by atoms with Crippen LogP contribution in [0.2, 0.25) is 0 Å². The smallest absolute Gasteiger partial charge is 0.220 e. The largest absolute Gasteiger partial charge is 0.368 e. The molecule has 0 radical (unpaired) electrons. The van der Waals surface area contributed by atoms with Crippen LogP contribution in [-0.2, 0) is 0 Å². The van der Waals surface area contributed by atoms with Crippen molar-refractivity contribution in [2.45, 2.75) is 0 Å². The maximum atomic E-state index is 13.3. The Bertz CT molecular complexity index is 523. The molecule has 0 fully saturated rings. The van der Waals surface area contributed by atoms with Gasteiger partial charge in [-0.25, -0.2) is 14.4 Å². The highest BCUT2D eigenvalue weighted by atomic mass is 19.1. The fraction of sp³-hybridized carbons (Fsp3) is 0. The molecule has 0 unspecified atom stereocenters. The first-order valence-electron chi connectivity index (χ1n) is 4.77. The highest BCUT2D eigenvalue weighted by Crippen LogP contribution is 2.10. The van der Waals surface area contributed by atoms with Crippen LogP contribution >= 0.6 is 0 Å². The van der Waals surface area contributed by atoms with E-state index in [2.05, 4.69) is 9.97 Å². The van der Waals surface area contributed by atoms with Crippen LogP contribution in [0.4, 0.5) is 10.3 Å². The molecule has 2 rings (SSSR count). The summed E-state index contributed by atoms with van der Waals surface area (Å²) < 4.78 is 13.3. The molecule has 1 aromatic heterocycles. The van der Waals surface area contributed by atoms with Crippen molar-refractivity contribution in [1.29, 1.82) is 0 Å². The van der Waals surface area contributed by atoms with Gasteiger partial charge in [-0.1, -0.05) is 18.2 Å². The highest BCUT2D eigenvalue weighted by molar-refractivity contribution is 5.68. The van der Waals surface area contributed by atoms with Gasteiger partial charge < -0.3 is 5.73 Å². The molecule has 1 aromatic carbocycles. The third-order valence-electron chi connectivity index (χ3n) is 2.03. The van der Waals surface area contributed by atoms with Crippen LogP contribution < -0.4 is 5.73 Å². The van der Waals surface area contributed by atoms with Gasteiger partial charge in [-0.2, -0.15) is 0 Å². The first-order chi connectivity index (χ1) is 7.75. The zero-order valence-corrected chi connectivity index (χ0v) is 8.47. The number of hydrogen-bond acceptors (Lipinski definition) is 3. The van der Waals surface area contributed by atoms with E-state index in [-0.39, 0.29) is 11.8 Å². The Morgan fingerprint density at radius 2 is 1.94 bits per heavy atom. The van der Waals surface area contributed by atoms with Gasteiger partial charge in [-0.15, -0.1) is 0 Å². The molecule has 0 saturated heterocycles. The fourth-order valence-electron chi connectivity index (χ4n) is 1.27. The lowest BCUT2D eigenvalue weighted by Gasteiger charge is -1.96. The molecule has 80 valence electrons. The number of halogens is 1. The van der Waals surface area contributed by atoms with E-state index in [1.165, 1.54) is 6.07 Å². The molecule has 1 heterocycles. The number of hydrogen-bond donors (Lipinski definition) is 1. The summed E-state index contributed by atoms with van der Waals surface area (Å²) in [6.45, 7) is 0. The van der Waals surface area contributed by atoms with E-state index in [1.807, 2.05) is 0 Å². The van der Waals surface area contributed by atoms with Crippen molar-refractivity contribution in [2.75, 3.05) is 5.73 Å². The van der Waals surface area contributed by atoms with Crippen molar-refractivity contribution >= 4 is 18.1 Å². The van der Waals surface area contributed by atoms with Gasteiger partial charge in [0.1, 0.15) is 5.82 Å². The lowest BCUT2D eigenvalue weighted by Crippen LogP contribution is -1.94. The van der Waals surface area contributed by atoms with Crippen LogP contribution in [0.5, 0.6) is 0 Å². The number of anilines is 1. The van der Waals surface area contributed by atoms with Gasteiger partial charge in [0.2, 0.25) is 5.95 Å². The molecule has 2 N–H and O–H groups in total. The lowest BCUT2D eigenvalue weighted by molar-refractivity contribution is 0.625. The Labute approximate surface area is 92.5 Å². The average Bonchev–Trinajstić information content (AvgIpc) is 2.28. The summed E-state index contributed by atoms with van der Waals surface area (Å²) in [6.07, 6.45) is 4.90. The number of nitrogens with zero attached hydrogens (tertiary/aromatic N) is 2. The van der Waals surface area contributed by atoms with Gasteiger partial charge in [0.25, 0.3) is 0 Å². The highest BCUT2D eigenvalue weighted by Gasteiger charge is 1.96.